The van der Waals surface area contributed by atoms with Gasteiger partial charge in [0.05, 0.1) is 0 Å². The minimum absolute atomic E-state index is 0.0412. The van der Waals surface area contributed by atoms with Crippen LogP contribution in [0.25, 0.3) is 0 Å². The van der Waals surface area contributed by atoms with E-state index < -0.39 is 12.0 Å². The van der Waals surface area contributed by atoms with Crippen LogP contribution < -0.4 is 5.32 Å². The summed E-state index contributed by atoms with van der Waals surface area (Å²) in [6, 6.07) is -0.760. The Balaban J connectivity index is 4.19. The number of carboxylic acid groups (broad SMARTS) is 1. The van der Waals surface area contributed by atoms with E-state index in [9.17, 15) is 9.59 Å². The highest BCUT2D eigenvalue weighted by atomic mass is 16.4. The highest BCUT2D eigenvalue weighted by molar-refractivity contribution is 5.83. The largest absolute Gasteiger partial charge is 0.480 e. The fourth-order valence-electron chi connectivity index (χ4n) is 1.35. The Hall–Kier alpha value is -1.06. The summed E-state index contributed by atoms with van der Waals surface area (Å²) in [4.78, 5) is 22.5. The molecule has 2 atom stereocenters. The van der Waals surface area contributed by atoms with Crippen molar-refractivity contribution in [3.8, 4) is 0 Å². The third-order valence-electron chi connectivity index (χ3n) is 2.74. The number of aliphatic carboxylic acids is 1. The molecule has 0 fully saturated rings. The van der Waals surface area contributed by atoms with Crippen LogP contribution in [0.2, 0.25) is 0 Å². The second-order valence-corrected chi connectivity index (χ2v) is 4.70. The van der Waals surface area contributed by atoms with Gasteiger partial charge in [0.25, 0.3) is 0 Å². The topological polar surface area (TPSA) is 66.4 Å². The standard InChI is InChI=1S/C12H23NO3/c1-5-9(4)11(12(15)16)13-10(14)7-6-8(2)3/h8-9,11H,5-7H2,1-4H3,(H,13,14)(H,15,16)/t9?,11-/m0/s1. The Morgan fingerprint density at radius 3 is 2.19 bits per heavy atom. The third kappa shape index (κ3) is 5.73. The van der Waals surface area contributed by atoms with E-state index in [1.807, 2.05) is 27.7 Å². The first-order chi connectivity index (χ1) is 7.38. The number of rotatable bonds is 7. The molecular formula is C12H23NO3. The van der Waals surface area contributed by atoms with Gasteiger partial charge in [0.1, 0.15) is 6.04 Å². The lowest BCUT2D eigenvalue weighted by atomic mass is 9.99. The zero-order valence-corrected chi connectivity index (χ0v) is 10.6. The molecule has 0 radical (unpaired) electrons. The second-order valence-electron chi connectivity index (χ2n) is 4.70. The maximum absolute atomic E-state index is 11.5. The van der Waals surface area contributed by atoms with E-state index >= 15 is 0 Å². The first-order valence-corrected chi connectivity index (χ1v) is 5.90. The van der Waals surface area contributed by atoms with Gasteiger partial charge in [0.2, 0.25) is 5.91 Å². The number of carbonyl (C=O) groups excluding carboxylic acids is 1. The molecule has 4 nitrogen and oxygen atoms in total. The van der Waals surface area contributed by atoms with Gasteiger partial charge < -0.3 is 10.4 Å². The molecule has 0 heterocycles. The molecule has 16 heavy (non-hydrogen) atoms. The summed E-state index contributed by atoms with van der Waals surface area (Å²) in [5.74, 6) is -0.702. The van der Waals surface area contributed by atoms with Crippen LogP contribution in [0.3, 0.4) is 0 Å². The molecule has 1 amide bonds. The molecule has 0 bridgehead atoms. The van der Waals surface area contributed by atoms with Gasteiger partial charge in [0, 0.05) is 6.42 Å². The van der Waals surface area contributed by atoms with Gasteiger partial charge in [-0.05, 0) is 18.3 Å². The van der Waals surface area contributed by atoms with Crippen LogP contribution in [0.1, 0.15) is 47.0 Å². The molecule has 0 aliphatic carbocycles. The summed E-state index contributed by atoms with van der Waals surface area (Å²) in [5.41, 5.74) is 0. The van der Waals surface area contributed by atoms with Gasteiger partial charge in [-0.25, -0.2) is 4.79 Å². The van der Waals surface area contributed by atoms with E-state index in [1.54, 1.807) is 0 Å². The highest BCUT2D eigenvalue weighted by Gasteiger charge is 2.24. The molecule has 1 unspecified atom stereocenters. The molecule has 2 N–H and O–H groups in total. The van der Waals surface area contributed by atoms with Crippen molar-refractivity contribution in [1.82, 2.24) is 5.32 Å². The van der Waals surface area contributed by atoms with Gasteiger partial charge in [-0.1, -0.05) is 34.1 Å². The Morgan fingerprint density at radius 1 is 1.25 bits per heavy atom. The second kappa shape index (κ2) is 7.25. The summed E-state index contributed by atoms with van der Waals surface area (Å²) in [7, 11) is 0. The van der Waals surface area contributed by atoms with Crippen molar-refractivity contribution < 1.29 is 14.7 Å². The van der Waals surface area contributed by atoms with Crippen LogP contribution in [-0.2, 0) is 9.59 Å². The van der Waals surface area contributed by atoms with Crippen molar-refractivity contribution in [3.05, 3.63) is 0 Å². The number of carboxylic acids is 1. The zero-order valence-electron chi connectivity index (χ0n) is 10.6. The summed E-state index contributed by atoms with van der Waals surface area (Å²) in [6.07, 6.45) is 1.93. The lowest BCUT2D eigenvalue weighted by molar-refractivity contribution is -0.143. The van der Waals surface area contributed by atoms with Gasteiger partial charge in [0.15, 0.2) is 0 Å². The Bertz CT molecular complexity index is 238. The lowest BCUT2D eigenvalue weighted by Gasteiger charge is -2.20. The highest BCUT2D eigenvalue weighted by Crippen LogP contribution is 2.09. The molecule has 0 saturated carbocycles. The summed E-state index contributed by atoms with van der Waals surface area (Å²) in [6.45, 7) is 7.83. The molecule has 0 aromatic carbocycles. The molecule has 0 rings (SSSR count). The summed E-state index contributed by atoms with van der Waals surface area (Å²) in [5, 5.41) is 11.6. The molecule has 0 spiro atoms. The average molecular weight is 229 g/mol. The van der Waals surface area contributed by atoms with Crippen LogP contribution in [0.4, 0.5) is 0 Å². The van der Waals surface area contributed by atoms with E-state index in [1.165, 1.54) is 0 Å². The van der Waals surface area contributed by atoms with E-state index in [0.717, 1.165) is 12.8 Å². The number of nitrogens with one attached hydrogen (secondary N) is 1. The van der Waals surface area contributed by atoms with Crippen LogP contribution in [0, 0.1) is 11.8 Å². The molecular weight excluding hydrogens is 206 g/mol. The summed E-state index contributed by atoms with van der Waals surface area (Å²) >= 11 is 0. The average Bonchev–Trinajstić information content (AvgIpc) is 2.21. The Morgan fingerprint density at radius 2 is 1.81 bits per heavy atom. The predicted octanol–water partition coefficient (Wildman–Crippen LogP) is 2.04. The van der Waals surface area contributed by atoms with Crippen molar-refractivity contribution in [3.63, 3.8) is 0 Å². The maximum atomic E-state index is 11.5. The van der Waals surface area contributed by atoms with E-state index in [4.69, 9.17) is 5.11 Å². The SMILES string of the molecule is CCC(C)[C@H](NC(=O)CCC(C)C)C(=O)O. The predicted molar refractivity (Wildman–Crippen MR) is 63.1 cm³/mol. The van der Waals surface area contributed by atoms with Gasteiger partial charge in [-0.3, -0.25) is 4.79 Å². The van der Waals surface area contributed by atoms with Crippen LogP contribution in [0.15, 0.2) is 0 Å². The smallest absolute Gasteiger partial charge is 0.326 e. The monoisotopic (exact) mass is 229 g/mol. The van der Waals surface area contributed by atoms with Gasteiger partial charge in [-0.2, -0.15) is 0 Å². The van der Waals surface area contributed by atoms with E-state index in [0.29, 0.717) is 12.3 Å². The summed E-state index contributed by atoms with van der Waals surface area (Å²) < 4.78 is 0. The third-order valence-corrected chi connectivity index (χ3v) is 2.74. The first-order valence-electron chi connectivity index (χ1n) is 5.90. The quantitative estimate of drug-likeness (QED) is 0.702. The zero-order chi connectivity index (χ0) is 12.7. The minimum atomic E-state index is -0.952. The van der Waals surface area contributed by atoms with Crippen LogP contribution >= 0.6 is 0 Å². The van der Waals surface area contributed by atoms with Crippen molar-refractivity contribution in [1.29, 1.82) is 0 Å². The fraction of sp³-hybridized carbons (Fsp3) is 0.833. The van der Waals surface area contributed by atoms with Gasteiger partial charge in [-0.15, -0.1) is 0 Å². The Labute approximate surface area is 97.4 Å². The number of hydrogen-bond acceptors (Lipinski definition) is 2. The lowest BCUT2D eigenvalue weighted by Crippen LogP contribution is -2.45. The molecule has 94 valence electrons. The molecule has 0 saturated heterocycles. The number of amides is 1. The van der Waals surface area contributed by atoms with Crippen molar-refractivity contribution in [2.45, 2.75) is 53.0 Å². The number of hydrogen-bond donors (Lipinski definition) is 2. The first kappa shape index (κ1) is 14.9. The minimum Gasteiger partial charge on any atom is -0.480 e. The molecule has 0 aromatic rings. The number of carbonyl (C=O) groups is 2. The molecule has 0 aromatic heterocycles. The fourth-order valence-corrected chi connectivity index (χ4v) is 1.35. The molecule has 0 aliphatic rings. The van der Waals surface area contributed by atoms with Crippen molar-refractivity contribution >= 4 is 11.9 Å². The maximum Gasteiger partial charge on any atom is 0.326 e. The normalized spacial score (nSPS) is 14.6. The van der Waals surface area contributed by atoms with Crippen molar-refractivity contribution in [2.24, 2.45) is 11.8 Å². The van der Waals surface area contributed by atoms with E-state index in [-0.39, 0.29) is 11.8 Å². The molecule has 4 heteroatoms. The van der Waals surface area contributed by atoms with Gasteiger partial charge >= 0.3 is 5.97 Å². The molecule has 0 aliphatic heterocycles. The van der Waals surface area contributed by atoms with Crippen LogP contribution in [0.5, 0.6) is 0 Å². The van der Waals surface area contributed by atoms with E-state index in [2.05, 4.69) is 5.32 Å². The van der Waals surface area contributed by atoms with Crippen LogP contribution in [-0.4, -0.2) is 23.0 Å². The Kier molecular flexibility index (Phi) is 6.77. The van der Waals surface area contributed by atoms with Crippen molar-refractivity contribution in [2.75, 3.05) is 0 Å².